The molecule has 1 heterocycles. The Hall–Kier alpha value is -2.10. The molecule has 4 fully saturated rings. The molecule has 0 atom stereocenters. The summed E-state index contributed by atoms with van der Waals surface area (Å²) in [5.41, 5.74) is 2.56. The fourth-order valence-electron chi connectivity index (χ4n) is 6.05. The van der Waals surface area contributed by atoms with E-state index in [0.29, 0.717) is 5.69 Å². The van der Waals surface area contributed by atoms with Crippen molar-refractivity contribution in [1.29, 1.82) is 0 Å². The van der Waals surface area contributed by atoms with E-state index >= 15 is 0 Å². The van der Waals surface area contributed by atoms with Gasteiger partial charge in [0.1, 0.15) is 12.0 Å². The van der Waals surface area contributed by atoms with E-state index < -0.39 is 0 Å². The fourth-order valence-corrected chi connectivity index (χ4v) is 6.05. The summed E-state index contributed by atoms with van der Waals surface area (Å²) in [4.78, 5) is 17.4. The van der Waals surface area contributed by atoms with Crippen LogP contribution in [0.2, 0.25) is 0 Å². The molecule has 0 spiro atoms. The second kappa shape index (κ2) is 5.45. The fraction of sp³-hybridized carbons (Fsp3) is 0.524. The summed E-state index contributed by atoms with van der Waals surface area (Å²) in [5, 5.41) is 3.43. The van der Waals surface area contributed by atoms with Gasteiger partial charge in [0.2, 0.25) is 0 Å². The minimum Gasteiger partial charge on any atom is -0.345 e. The van der Waals surface area contributed by atoms with Gasteiger partial charge in [0.15, 0.2) is 0 Å². The van der Waals surface area contributed by atoms with E-state index in [0.717, 1.165) is 29.1 Å². The summed E-state index contributed by atoms with van der Waals surface area (Å²) in [5.74, 6) is 2.49. The van der Waals surface area contributed by atoms with Crippen molar-refractivity contribution in [3.8, 4) is 5.69 Å². The zero-order chi connectivity index (χ0) is 17.0. The number of nitrogens with zero attached hydrogens (tertiary/aromatic N) is 2. The minimum absolute atomic E-state index is 0.00845. The second-order valence-corrected chi connectivity index (χ2v) is 8.54. The Bertz CT molecular complexity index is 773. The number of aromatic nitrogens is 2. The average molecular weight is 335 g/mol. The van der Waals surface area contributed by atoms with Crippen molar-refractivity contribution in [2.45, 2.75) is 51.0 Å². The predicted molar refractivity (Wildman–Crippen MR) is 96.7 cm³/mol. The van der Waals surface area contributed by atoms with Gasteiger partial charge in [0.25, 0.3) is 5.91 Å². The summed E-state index contributed by atoms with van der Waals surface area (Å²) >= 11 is 0. The SMILES string of the molecule is Cc1c(C(=O)NC23CC4CC(CC(C4)C2)C3)ncn1-c1ccccc1. The number of hydrogen-bond donors (Lipinski definition) is 1. The Balaban J connectivity index is 1.40. The third kappa shape index (κ3) is 2.50. The third-order valence-corrected chi connectivity index (χ3v) is 6.67. The number of rotatable bonds is 3. The summed E-state index contributed by atoms with van der Waals surface area (Å²) in [6.07, 6.45) is 9.43. The lowest BCUT2D eigenvalue weighted by molar-refractivity contribution is -0.0167. The maximum atomic E-state index is 13.0. The van der Waals surface area contributed by atoms with Gasteiger partial charge in [-0.25, -0.2) is 4.98 Å². The van der Waals surface area contributed by atoms with E-state index in [9.17, 15) is 4.79 Å². The van der Waals surface area contributed by atoms with Crippen molar-refractivity contribution in [2.75, 3.05) is 0 Å². The largest absolute Gasteiger partial charge is 0.345 e. The van der Waals surface area contributed by atoms with Crippen molar-refractivity contribution in [1.82, 2.24) is 14.9 Å². The first-order valence-corrected chi connectivity index (χ1v) is 9.54. The van der Waals surface area contributed by atoms with Crippen LogP contribution in [0.25, 0.3) is 5.69 Å². The summed E-state index contributed by atoms with van der Waals surface area (Å²) < 4.78 is 1.99. The monoisotopic (exact) mass is 335 g/mol. The topological polar surface area (TPSA) is 46.9 Å². The maximum absolute atomic E-state index is 13.0. The lowest BCUT2D eigenvalue weighted by Crippen LogP contribution is -2.59. The van der Waals surface area contributed by atoms with Crippen molar-refractivity contribution in [2.24, 2.45) is 17.8 Å². The number of amides is 1. The number of para-hydroxylation sites is 1. The molecule has 0 unspecified atom stereocenters. The molecule has 25 heavy (non-hydrogen) atoms. The van der Waals surface area contributed by atoms with Crippen molar-refractivity contribution < 1.29 is 4.79 Å². The first kappa shape index (κ1) is 15.2. The molecule has 4 aliphatic rings. The second-order valence-electron chi connectivity index (χ2n) is 8.54. The molecule has 4 heteroatoms. The number of carbonyl (C=O) groups excluding carboxylic acids is 1. The molecule has 4 saturated carbocycles. The molecule has 0 radical (unpaired) electrons. The van der Waals surface area contributed by atoms with Crippen LogP contribution in [0.1, 0.15) is 54.7 Å². The van der Waals surface area contributed by atoms with Gasteiger partial charge in [-0.3, -0.25) is 4.79 Å². The highest BCUT2D eigenvalue weighted by Gasteiger charge is 2.51. The van der Waals surface area contributed by atoms with Crippen LogP contribution in [0, 0.1) is 24.7 Å². The summed E-state index contributed by atoms with van der Waals surface area (Å²) in [6, 6.07) is 10.1. The molecule has 4 nitrogen and oxygen atoms in total. The highest BCUT2D eigenvalue weighted by molar-refractivity contribution is 5.94. The zero-order valence-electron chi connectivity index (χ0n) is 14.7. The van der Waals surface area contributed by atoms with Gasteiger partial charge >= 0.3 is 0 Å². The lowest BCUT2D eigenvalue weighted by atomic mass is 9.53. The molecule has 1 amide bonds. The van der Waals surface area contributed by atoms with Gasteiger partial charge in [0.05, 0.1) is 5.69 Å². The molecule has 6 rings (SSSR count). The molecule has 4 bridgehead atoms. The zero-order valence-corrected chi connectivity index (χ0v) is 14.7. The number of imidazole rings is 1. The molecule has 1 aromatic carbocycles. The van der Waals surface area contributed by atoms with E-state index in [1.165, 1.54) is 38.5 Å². The predicted octanol–water partition coefficient (Wildman–Crippen LogP) is 3.88. The standard InChI is InChI=1S/C21H25N3O/c1-14-19(22-13-24(14)18-5-3-2-4-6-18)20(25)23-21-10-15-7-16(11-21)9-17(8-15)12-21/h2-6,13,15-17H,7-12H2,1H3,(H,23,25). The minimum atomic E-state index is 0.00845. The molecule has 2 aromatic rings. The molecule has 0 aliphatic heterocycles. The van der Waals surface area contributed by atoms with Gasteiger partial charge < -0.3 is 9.88 Å². The van der Waals surface area contributed by atoms with E-state index in [1.807, 2.05) is 41.8 Å². The Morgan fingerprint density at radius 2 is 1.68 bits per heavy atom. The smallest absolute Gasteiger partial charge is 0.272 e. The van der Waals surface area contributed by atoms with Crippen LogP contribution in [-0.4, -0.2) is 21.0 Å². The van der Waals surface area contributed by atoms with Gasteiger partial charge in [-0.2, -0.15) is 0 Å². The Morgan fingerprint density at radius 1 is 1.08 bits per heavy atom. The molecule has 130 valence electrons. The van der Waals surface area contributed by atoms with Crippen LogP contribution in [0.5, 0.6) is 0 Å². The normalized spacial score (nSPS) is 32.8. The van der Waals surface area contributed by atoms with Crippen LogP contribution < -0.4 is 5.32 Å². The Labute approximate surface area is 148 Å². The molecular formula is C21H25N3O. The lowest BCUT2D eigenvalue weighted by Gasteiger charge is -2.56. The Kier molecular flexibility index (Phi) is 3.31. The first-order valence-electron chi connectivity index (χ1n) is 9.54. The van der Waals surface area contributed by atoms with Crippen LogP contribution in [0.3, 0.4) is 0 Å². The van der Waals surface area contributed by atoms with E-state index in [1.54, 1.807) is 6.33 Å². The average Bonchev–Trinajstić information content (AvgIpc) is 2.95. The van der Waals surface area contributed by atoms with Crippen LogP contribution in [0.15, 0.2) is 36.7 Å². The molecule has 1 aromatic heterocycles. The highest BCUT2D eigenvalue weighted by atomic mass is 16.2. The van der Waals surface area contributed by atoms with E-state index in [4.69, 9.17) is 0 Å². The van der Waals surface area contributed by atoms with Crippen molar-refractivity contribution in [3.63, 3.8) is 0 Å². The third-order valence-electron chi connectivity index (χ3n) is 6.67. The van der Waals surface area contributed by atoms with Crippen molar-refractivity contribution in [3.05, 3.63) is 48.0 Å². The number of carbonyl (C=O) groups is 1. The Morgan fingerprint density at radius 3 is 2.28 bits per heavy atom. The first-order chi connectivity index (χ1) is 12.1. The van der Waals surface area contributed by atoms with Gasteiger partial charge in [0, 0.05) is 11.2 Å². The highest BCUT2D eigenvalue weighted by Crippen LogP contribution is 2.55. The quantitative estimate of drug-likeness (QED) is 0.925. The van der Waals surface area contributed by atoms with Gasteiger partial charge in [-0.1, -0.05) is 18.2 Å². The van der Waals surface area contributed by atoms with Gasteiger partial charge in [-0.05, 0) is 75.3 Å². The molecular weight excluding hydrogens is 310 g/mol. The van der Waals surface area contributed by atoms with Gasteiger partial charge in [-0.15, -0.1) is 0 Å². The number of benzene rings is 1. The van der Waals surface area contributed by atoms with E-state index in [2.05, 4.69) is 10.3 Å². The summed E-state index contributed by atoms with van der Waals surface area (Å²) in [6.45, 7) is 1.98. The van der Waals surface area contributed by atoms with Crippen molar-refractivity contribution >= 4 is 5.91 Å². The number of nitrogens with one attached hydrogen (secondary N) is 1. The summed E-state index contributed by atoms with van der Waals surface area (Å²) in [7, 11) is 0. The van der Waals surface area contributed by atoms with Crippen LogP contribution >= 0.6 is 0 Å². The maximum Gasteiger partial charge on any atom is 0.272 e. The van der Waals surface area contributed by atoms with Crippen LogP contribution in [-0.2, 0) is 0 Å². The van der Waals surface area contributed by atoms with E-state index in [-0.39, 0.29) is 11.4 Å². The van der Waals surface area contributed by atoms with Crippen LogP contribution in [0.4, 0.5) is 0 Å². The molecule has 1 N–H and O–H groups in total. The molecule has 4 aliphatic carbocycles. The number of hydrogen-bond acceptors (Lipinski definition) is 2. The molecule has 0 saturated heterocycles.